The highest BCUT2D eigenvalue weighted by Gasteiger charge is 2.25. The smallest absolute Gasteiger partial charge is 0.129 e. The van der Waals surface area contributed by atoms with Crippen molar-refractivity contribution in [3.8, 4) is 0 Å². The fourth-order valence-corrected chi connectivity index (χ4v) is 2.73. The molecule has 5 heteroatoms. The summed E-state index contributed by atoms with van der Waals surface area (Å²) in [4.78, 5) is 6.84. The number of alkyl halides is 1. The number of nitrogens with zero attached hydrogens (tertiary/aromatic N) is 2. The topological polar surface area (TPSA) is 34.6 Å². The zero-order valence-corrected chi connectivity index (χ0v) is 13.6. The van der Waals surface area contributed by atoms with Crippen molar-refractivity contribution in [1.29, 1.82) is 0 Å². The molecule has 0 aliphatic carbocycles. The van der Waals surface area contributed by atoms with E-state index in [4.69, 9.17) is 9.47 Å². The molecule has 1 aliphatic heterocycles. The van der Waals surface area contributed by atoms with Crippen LogP contribution in [0.1, 0.15) is 19.4 Å². The average Bonchev–Trinajstić information content (AvgIpc) is 2.46. The van der Waals surface area contributed by atoms with Crippen LogP contribution in [0.15, 0.2) is 31.0 Å². The number of ether oxygens (including phenoxy) is 2. The molecule has 0 amide bonds. The normalized spacial score (nSPS) is 19.9. The van der Waals surface area contributed by atoms with E-state index in [1.807, 2.05) is 12.3 Å². The predicted molar refractivity (Wildman–Crippen MR) is 84.3 cm³/mol. The Hall–Kier alpha value is -0.910. The van der Waals surface area contributed by atoms with Crippen molar-refractivity contribution in [2.75, 3.05) is 31.3 Å². The fourth-order valence-electron chi connectivity index (χ4n) is 2.13. The van der Waals surface area contributed by atoms with E-state index in [-0.39, 0.29) is 10.6 Å². The molecule has 1 unspecified atom stereocenters. The number of hydrogen-bond donors (Lipinski definition) is 0. The van der Waals surface area contributed by atoms with Gasteiger partial charge in [0.15, 0.2) is 0 Å². The average molecular weight is 341 g/mol. The van der Waals surface area contributed by atoms with E-state index in [2.05, 4.69) is 52.3 Å². The van der Waals surface area contributed by atoms with Crippen molar-refractivity contribution < 1.29 is 9.47 Å². The Balaban J connectivity index is 2.20. The van der Waals surface area contributed by atoms with Gasteiger partial charge in [0.05, 0.1) is 25.4 Å². The highest BCUT2D eigenvalue weighted by Crippen LogP contribution is 2.28. The van der Waals surface area contributed by atoms with Crippen LogP contribution in [0.25, 0.3) is 0 Å². The van der Waals surface area contributed by atoms with Crippen LogP contribution in [0.5, 0.6) is 0 Å². The van der Waals surface area contributed by atoms with Gasteiger partial charge in [-0.05, 0) is 31.5 Å². The highest BCUT2D eigenvalue weighted by atomic mass is 79.9. The van der Waals surface area contributed by atoms with E-state index >= 15 is 0 Å². The Morgan fingerprint density at radius 3 is 3.15 bits per heavy atom. The molecule has 0 N–H and O–H groups in total. The maximum Gasteiger partial charge on any atom is 0.129 e. The second-order valence-corrected chi connectivity index (χ2v) is 6.27. The minimum atomic E-state index is -0.361. The Bertz CT molecular complexity index is 465. The van der Waals surface area contributed by atoms with E-state index in [0.717, 1.165) is 24.5 Å². The van der Waals surface area contributed by atoms with E-state index < -0.39 is 0 Å². The van der Waals surface area contributed by atoms with Crippen LogP contribution < -0.4 is 4.90 Å². The Labute approximate surface area is 128 Å². The van der Waals surface area contributed by atoms with Gasteiger partial charge in [0.1, 0.15) is 10.8 Å². The van der Waals surface area contributed by atoms with Crippen molar-refractivity contribution in [2.45, 2.75) is 24.4 Å². The summed E-state index contributed by atoms with van der Waals surface area (Å²) in [6.45, 7) is 10.6. The van der Waals surface area contributed by atoms with Crippen LogP contribution in [-0.2, 0) is 15.1 Å². The van der Waals surface area contributed by atoms with Crippen LogP contribution in [0, 0.1) is 0 Å². The summed E-state index contributed by atoms with van der Waals surface area (Å²) < 4.78 is 11.3. The Kier molecular flexibility index (Phi) is 5.18. The number of morpholine rings is 1. The van der Waals surface area contributed by atoms with Gasteiger partial charge in [0.2, 0.25) is 0 Å². The summed E-state index contributed by atoms with van der Waals surface area (Å²) in [7, 11) is 0. The molecular weight excluding hydrogens is 320 g/mol. The summed E-state index contributed by atoms with van der Waals surface area (Å²) in [5, 5.41) is 0. The maximum atomic E-state index is 5.83. The quantitative estimate of drug-likeness (QED) is 0.468. The first-order chi connectivity index (χ1) is 9.54. The van der Waals surface area contributed by atoms with Crippen LogP contribution in [0.4, 0.5) is 5.82 Å². The molecule has 1 saturated heterocycles. The summed E-state index contributed by atoms with van der Waals surface area (Å²) >= 11 is 3.62. The first-order valence-corrected chi connectivity index (χ1v) is 7.66. The molecule has 1 fully saturated rings. The molecule has 0 spiro atoms. The number of pyridine rings is 1. The van der Waals surface area contributed by atoms with Gasteiger partial charge in [-0.15, -0.1) is 6.58 Å². The third-order valence-electron chi connectivity index (χ3n) is 3.37. The van der Waals surface area contributed by atoms with Crippen LogP contribution >= 0.6 is 15.9 Å². The first kappa shape index (κ1) is 15.5. The molecule has 0 bridgehead atoms. The molecule has 4 nitrogen and oxygen atoms in total. The van der Waals surface area contributed by atoms with Gasteiger partial charge < -0.3 is 14.4 Å². The third kappa shape index (κ3) is 3.59. The van der Waals surface area contributed by atoms with Crippen molar-refractivity contribution in [1.82, 2.24) is 4.98 Å². The first-order valence-electron chi connectivity index (χ1n) is 6.74. The monoisotopic (exact) mass is 340 g/mol. The van der Waals surface area contributed by atoms with Gasteiger partial charge in [0.25, 0.3) is 0 Å². The lowest BCUT2D eigenvalue weighted by Crippen LogP contribution is -2.42. The molecule has 2 rings (SSSR count). The van der Waals surface area contributed by atoms with E-state index in [0.29, 0.717) is 13.2 Å². The predicted octanol–water partition coefficient (Wildman–Crippen LogP) is 3.08. The van der Waals surface area contributed by atoms with Crippen molar-refractivity contribution in [3.63, 3.8) is 0 Å². The van der Waals surface area contributed by atoms with Crippen molar-refractivity contribution in [3.05, 3.63) is 36.5 Å². The molecule has 1 aliphatic rings. The van der Waals surface area contributed by atoms with E-state index in [1.54, 1.807) is 6.08 Å². The van der Waals surface area contributed by atoms with Gasteiger partial charge in [-0.3, -0.25) is 0 Å². The number of rotatable bonds is 5. The summed E-state index contributed by atoms with van der Waals surface area (Å²) in [5.74, 6) is 0.947. The summed E-state index contributed by atoms with van der Waals surface area (Å²) in [6.07, 6.45) is 3.60. The number of anilines is 1. The fraction of sp³-hybridized carbons (Fsp3) is 0.533. The lowest BCUT2D eigenvalue weighted by molar-refractivity contribution is -0.00466. The van der Waals surface area contributed by atoms with Gasteiger partial charge >= 0.3 is 0 Å². The zero-order chi connectivity index (χ0) is 14.6. The molecule has 2 heterocycles. The molecule has 1 aromatic heterocycles. The molecule has 110 valence electrons. The van der Waals surface area contributed by atoms with E-state index in [9.17, 15) is 0 Å². The highest BCUT2D eigenvalue weighted by molar-refractivity contribution is 9.09. The third-order valence-corrected chi connectivity index (χ3v) is 4.13. The van der Waals surface area contributed by atoms with E-state index in [1.165, 1.54) is 0 Å². The number of hydrogen-bond acceptors (Lipinski definition) is 4. The van der Waals surface area contributed by atoms with Crippen LogP contribution in [0.2, 0.25) is 0 Å². The van der Waals surface area contributed by atoms with Gasteiger partial charge in [0, 0.05) is 12.7 Å². The minimum absolute atomic E-state index is 0.163. The minimum Gasteiger partial charge on any atom is -0.377 e. The molecule has 1 atom stereocenters. The van der Waals surface area contributed by atoms with Crippen molar-refractivity contribution >= 4 is 21.7 Å². The molecule has 1 aromatic rings. The molecular formula is C15H21BrN2O2. The second kappa shape index (κ2) is 6.70. The van der Waals surface area contributed by atoms with Crippen LogP contribution in [0.3, 0.4) is 0 Å². The zero-order valence-electron chi connectivity index (χ0n) is 12.0. The second-order valence-electron chi connectivity index (χ2n) is 5.22. The Morgan fingerprint density at radius 1 is 1.65 bits per heavy atom. The summed E-state index contributed by atoms with van der Waals surface area (Å²) in [6, 6.07) is 4.08. The molecule has 0 aromatic carbocycles. The van der Waals surface area contributed by atoms with Crippen LogP contribution in [-0.4, -0.2) is 36.3 Å². The van der Waals surface area contributed by atoms with Gasteiger partial charge in [-0.25, -0.2) is 4.98 Å². The molecule has 0 saturated carbocycles. The van der Waals surface area contributed by atoms with Crippen molar-refractivity contribution in [2.24, 2.45) is 0 Å². The van der Waals surface area contributed by atoms with Gasteiger partial charge in [-0.2, -0.15) is 0 Å². The number of aromatic nitrogens is 1. The maximum absolute atomic E-state index is 5.83. The lowest BCUT2D eigenvalue weighted by atomic mass is 9.99. The standard InChI is InChI=1S/C15H21BrN2O2/c1-4-8-20-15(2,3)12-5-6-17-14(10-12)18-7-9-19-11-13(18)16/h4-6,10,13H,1,7-9,11H2,2-3H3. The number of halogens is 1. The summed E-state index contributed by atoms with van der Waals surface area (Å²) in [5.41, 5.74) is 0.746. The molecule has 20 heavy (non-hydrogen) atoms. The lowest BCUT2D eigenvalue weighted by Gasteiger charge is -2.34. The van der Waals surface area contributed by atoms with Gasteiger partial charge in [-0.1, -0.05) is 22.0 Å². The molecule has 0 radical (unpaired) electrons. The Morgan fingerprint density at radius 2 is 2.45 bits per heavy atom. The largest absolute Gasteiger partial charge is 0.377 e. The SMILES string of the molecule is C=CCOC(C)(C)c1ccnc(N2CCOCC2Br)c1.